The number of aliphatic hydroxyl groups is 3. The average Bonchev–Trinajstić information content (AvgIpc) is 2.38. The van der Waals surface area contributed by atoms with Crippen LogP contribution < -0.4 is 11.4 Å². The van der Waals surface area contributed by atoms with E-state index in [9.17, 15) is 19.4 Å². The van der Waals surface area contributed by atoms with Gasteiger partial charge in [0.25, 0.3) is 0 Å². The van der Waals surface area contributed by atoms with E-state index in [0.717, 1.165) is 4.57 Å². The number of aliphatic hydroxyl groups excluding tert-OH is 3. The normalized spacial score (nSPS) is 35.3. The van der Waals surface area contributed by atoms with Crippen molar-refractivity contribution in [2.75, 3.05) is 12.3 Å². The molecule has 1 aromatic heterocycles. The van der Waals surface area contributed by atoms with Crippen molar-refractivity contribution >= 4 is 5.82 Å². The fraction of sp³-hybridized carbons (Fsp3) is 0.600. The highest BCUT2D eigenvalue weighted by atomic mass is 19.1. The number of aromatic nitrogens is 2. The molecule has 5 atom stereocenters. The van der Waals surface area contributed by atoms with Crippen molar-refractivity contribution < 1.29 is 24.4 Å². The molecule has 1 aromatic rings. The molecular weight excluding hydrogens is 261 g/mol. The summed E-state index contributed by atoms with van der Waals surface area (Å²) in [6, 6.07) is 1.28. The van der Waals surface area contributed by atoms with Crippen LogP contribution in [0.15, 0.2) is 17.1 Å². The lowest BCUT2D eigenvalue weighted by atomic mass is 9.99. The molecule has 2 heterocycles. The quantitative estimate of drug-likeness (QED) is 0.480. The van der Waals surface area contributed by atoms with Crippen LogP contribution in [0.5, 0.6) is 0 Å². The van der Waals surface area contributed by atoms with Gasteiger partial charge in [-0.25, -0.2) is 9.18 Å². The number of nitrogens with two attached hydrogens (primary N) is 1. The van der Waals surface area contributed by atoms with Crippen molar-refractivity contribution in [2.45, 2.75) is 30.7 Å². The minimum atomic E-state index is -2.06. The molecule has 19 heavy (non-hydrogen) atoms. The number of hydrogen-bond acceptors (Lipinski definition) is 7. The summed E-state index contributed by atoms with van der Waals surface area (Å²) in [5.41, 5.74) is 4.48. The number of anilines is 1. The number of nitrogen functional groups attached to an aromatic ring is 1. The van der Waals surface area contributed by atoms with Crippen LogP contribution in [0.3, 0.4) is 0 Å². The summed E-state index contributed by atoms with van der Waals surface area (Å²) in [6.07, 6.45) is -6.93. The summed E-state index contributed by atoms with van der Waals surface area (Å²) in [5, 5.41) is 28.1. The maximum absolute atomic E-state index is 13.7. The van der Waals surface area contributed by atoms with E-state index >= 15 is 0 Å². The van der Waals surface area contributed by atoms with Crippen LogP contribution in [-0.4, -0.2) is 56.0 Å². The lowest BCUT2D eigenvalue weighted by molar-refractivity contribution is -0.237. The smallest absolute Gasteiger partial charge is 0.351 e. The molecule has 1 saturated heterocycles. The lowest BCUT2D eigenvalue weighted by Crippen LogP contribution is -2.56. The van der Waals surface area contributed by atoms with Crippen LogP contribution in [0, 0.1) is 0 Å². The van der Waals surface area contributed by atoms with Gasteiger partial charge >= 0.3 is 5.69 Å². The van der Waals surface area contributed by atoms with E-state index in [2.05, 4.69) is 4.98 Å². The second kappa shape index (κ2) is 5.21. The van der Waals surface area contributed by atoms with E-state index in [-0.39, 0.29) is 5.82 Å². The maximum Gasteiger partial charge on any atom is 0.351 e. The molecule has 2 rings (SSSR count). The molecule has 1 fully saturated rings. The van der Waals surface area contributed by atoms with Crippen molar-refractivity contribution in [3.63, 3.8) is 0 Å². The van der Waals surface area contributed by atoms with Gasteiger partial charge in [-0.05, 0) is 6.07 Å². The number of hydrogen-bond donors (Lipinski definition) is 4. The molecule has 1 aliphatic heterocycles. The zero-order chi connectivity index (χ0) is 14.2. The van der Waals surface area contributed by atoms with Gasteiger partial charge in [-0.2, -0.15) is 4.98 Å². The van der Waals surface area contributed by atoms with Crippen LogP contribution in [0.2, 0.25) is 0 Å². The average molecular weight is 275 g/mol. The summed E-state index contributed by atoms with van der Waals surface area (Å²) in [7, 11) is 0. The Morgan fingerprint density at radius 3 is 2.74 bits per heavy atom. The van der Waals surface area contributed by atoms with Crippen molar-refractivity contribution in [3.05, 3.63) is 22.7 Å². The summed E-state index contributed by atoms with van der Waals surface area (Å²) in [5.74, 6) is -0.0258. The van der Waals surface area contributed by atoms with Gasteiger partial charge in [-0.3, -0.25) is 4.57 Å². The molecule has 8 nitrogen and oxygen atoms in total. The molecule has 0 bridgehead atoms. The Bertz CT molecular complexity index is 508. The highest BCUT2D eigenvalue weighted by molar-refractivity contribution is 5.23. The third-order valence-corrected chi connectivity index (χ3v) is 2.95. The molecule has 0 unspecified atom stereocenters. The second-order valence-corrected chi connectivity index (χ2v) is 4.22. The van der Waals surface area contributed by atoms with E-state index in [1.54, 1.807) is 0 Å². The predicted octanol–water partition coefficient (Wildman–Crippen LogP) is -2.22. The topological polar surface area (TPSA) is 131 Å². The van der Waals surface area contributed by atoms with Gasteiger partial charge in [0.1, 0.15) is 24.1 Å². The Kier molecular flexibility index (Phi) is 3.80. The Labute approximate surface area is 106 Å². The first-order chi connectivity index (χ1) is 8.95. The summed E-state index contributed by atoms with van der Waals surface area (Å²) in [4.78, 5) is 15.0. The van der Waals surface area contributed by atoms with Crippen molar-refractivity contribution in [3.8, 4) is 0 Å². The van der Waals surface area contributed by atoms with Gasteiger partial charge in [0.15, 0.2) is 12.4 Å². The Hall–Kier alpha value is -1.55. The number of halogens is 1. The minimum absolute atomic E-state index is 0.0258. The van der Waals surface area contributed by atoms with Crippen molar-refractivity contribution in [1.29, 1.82) is 0 Å². The van der Waals surface area contributed by atoms with Gasteiger partial charge in [0.2, 0.25) is 0 Å². The third-order valence-electron chi connectivity index (χ3n) is 2.95. The molecule has 1 aliphatic rings. The highest BCUT2D eigenvalue weighted by Crippen LogP contribution is 2.29. The molecular formula is C10H14FN3O5. The second-order valence-electron chi connectivity index (χ2n) is 4.22. The number of ether oxygens (including phenoxy) is 1. The SMILES string of the molecule is Nc1ccn([C@@H]2O[C@H](CO)[C@@H](O)[C@H](F)[C@H]2O)c(=O)n1. The molecule has 0 aliphatic carbocycles. The van der Waals surface area contributed by atoms with Gasteiger partial charge in [0, 0.05) is 6.20 Å². The summed E-state index contributed by atoms with van der Waals surface area (Å²) < 4.78 is 19.7. The highest BCUT2D eigenvalue weighted by Gasteiger charge is 2.45. The Balaban J connectivity index is 2.35. The van der Waals surface area contributed by atoms with E-state index in [1.165, 1.54) is 12.3 Å². The lowest BCUT2D eigenvalue weighted by Gasteiger charge is -2.39. The van der Waals surface area contributed by atoms with E-state index < -0.39 is 43.0 Å². The Morgan fingerprint density at radius 1 is 1.47 bits per heavy atom. The Morgan fingerprint density at radius 2 is 2.16 bits per heavy atom. The zero-order valence-corrected chi connectivity index (χ0v) is 9.76. The molecule has 0 amide bonds. The van der Waals surface area contributed by atoms with Crippen LogP contribution in [-0.2, 0) is 4.74 Å². The van der Waals surface area contributed by atoms with E-state index in [1.807, 2.05) is 0 Å². The molecule has 0 aromatic carbocycles. The van der Waals surface area contributed by atoms with Crippen LogP contribution in [0.4, 0.5) is 10.2 Å². The van der Waals surface area contributed by atoms with Gasteiger partial charge in [0.05, 0.1) is 6.61 Å². The van der Waals surface area contributed by atoms with Crippen LogP contribution in [0.1, 0.15) is 6.23 Å². The molecule has 5 N–H and O–H groups in total. The fourth-order valence-corrected chi connectivity index (χ4v) is 1.91. The maximum atomic E-state index is 13.7. The van der Waals surface area contributed by atoms with E-state index in [0.29, 0.717) is 0 Å². The standard InChI is InChI=1S/C10H14FN3O5/c11-6-7(16)4(3-15)19-9(8(6)17)14-2-1-5(12)13-10(14)18/h1-2,4,6-9,15-17H,3H2,(H2,12,13,18)/t4-,6+,7-,8-,9-/m1/s1. The van der Waals surface area contributed by atoms with Gasteiger partial charge in [-0.1, -0.05) is 0 Å². The fourth-order valence-electron chi connectivity index (χ4n) is 1.91. The van der Waals surface area contributed by atoms with Crippen LogP contribution in [0.25, 0.3) is 0 Å². The molecule has 0 spiro atoms. The first-order valence-corrected chi connectivity index (χ1v) is 5.57. The molecule has 9 heteroatoms. The van der Waals surface area contributed by atoms with Crippen LogP contribution >= 0.6 is 0 Å². The van der Waals surface area contributed by atoms with E-state index in [4.69, 9.17) is 15.6 Å². The minimum Gasteiger partial charge on any atom is -0.394 e. The number of nitrogens with zero attached hydrogens (tertiary/aromatic N) is 2. The van der Waals surface area contributed by atoms with Crippen molar-refractivity contribution in [1.82, 2.24) is 9.55 Å². The number of rotatable bonds is 2. The third kappa shape index (κ3) is 2.45. The predicted molar refractivity (Wildman–Crippen MR) is 60.8 cm³/mol. The summed E-state index contributed by atoms with van der Waals surface area (Å²) >= 11 is 0. The van der Waals surface area contributed by atoms with Gasteiger partial charge in [-0.15, -0.1) is 0 Å². The summed E-state index contributed by atoms with van der Waals surface area (Å²) in [6.45, 7) is -0.651. The zero-order valence-electron chi connectivity index (χ0n) is 9.76. The molecule has 0 radical (unpaired) electrons. The van der Waals surface area contributed by atoms with Gasteiger partial charge < -0.3 is 25.8 Å². The number of alkyl halides is 1. The van der Waals surface area contributed by atoms with Crippen molar-refractivity contribution in [2.24, 2.45) is 0 Å². The first kappa shape index (κ1) is 13.9. The first-order valence-electron chi connectivity index (χ1n) is 5.57. The monoisotopic (exact) mass is 275 g/mol. The largest absolute Gasteiger partial charge is 0.394 e. The molecule has 106 valence electrons. The molecule has 0 saturated carbocycles.